The molecule has 0 spiro atoms. The number of nitrogens with one attached hydrogen (secondary N) is 1. The van der Waals surface area contributed by atoms with Crippen LogP contribution in [-0.2, 0) is 41.7 Å². The monoisotopic (exact) mass is 918 g/mol. The number of phosphoric ester groups is 2. The molecule has 61 heavy (non-hydrogen) atoms. The summed E-state index contributed by atoms with van der Waals surface area (Å²) in [5.74, 6) is -1.06. The number of nitrogens with zero attached hydrogens (tertiary/aromatic N) is 8. The van der Waals surface area contributed by atoms with E-state index in [-0.39, 0.29) is 46.4 Å². The van der Waals surface area contributed by atoms with Gasteiger partial charge in [0.2, 0.25) is 0 Å². The van der Waals surface area contributed by atoms with Crippen LogP contribution in [0.2, 0.25) is 0 Å². The second-order valence-electron chi connectivity index (χ2n) is 13.3. The number of esters is 1. The fourth-order valence-corrected chi connectivity index (χ4v) is 8.27. The number of rotatable bonds is 20. The first-order valence-corrected chi connectivity index (χ1v) is 21.8. The van der Waals surface area contributed by atoms with Gasteiger partial charge in [-0.25, -0.2) is 33.9 Å². The number of unbranched alkanes of at least 4 members (excludes halogenated alkanes) is 1. The lowest BCUT2D eigenvalue weighted by Gasteiger charge is -2.24. The molecule has 6 heterocycles. The van der Waals surface area contributed by atoms with Gasteiger partial charge < -0.3 is 51.2 Å². The molecule has 6 rings (SSSR count). The van der Waals surface area contributed by atoms with Crippen molar-refractivity contribution < 1.29 is 66.4 Å². The van der Waals surface area contributed by atoms with Crippen LogP contribution in [0.5, 0.6) is 0 Å². The molecule has 0 aliphatic carbocycles. The molecule has 332 valence electrons. The number of anilines is 2. The summed E-state index contributed by atoms with van der Waals surface area (Å²) >= 11 is 0.975. The van der Waals surface area contributed by atoms with Gasteiger partial charge in [-0.3, -0.25) is 42.3 Å². The smallest absolute Gasteiger partial charge is 0.455 e. The minimum Gasteiger partial charge on any atom is -0.455 e. The molecule has 0 amide bonds. The number of ether oxygens (including phenoxy) is 3. The van der Waals surface area contributed by atoms with Gasteiger partial charge in [-0.05, 0) is 36.9 Å². The van der Waals surface area contributed by atoms with Crippen molar-refractivity contribution >= 4 is 62.0 Å². The van der Waals surface area contributed by atoms with Gasteiger partial charge in [0.1, 0.15) is 54.3 Å². The van der Waals surface area contributed by atoms with Crippen LogP contribution in [0, 0.1) is 10.1 Å². The Balaban J connectivity index is 1.11. The van der Waals surface area contributed by atoms with E-state index >= 15 is 0 Å². The molecule has 28 nitrogen and oxygen atoms in total. The van der Waals surface area contributed by atoms with Gasteiger partial charge in [0.15, 0.2) is 28.8 Å². The number of hydrogen-bond donors (Lipinski definition) is 8. The Morgan fingerprint density at radius 2 is 1.85 bits per heavy atom. The van der Waals surface area contributed by atoms with E-state index in [0.29, 0.717) is 19.4 Å². The molecule has 0 aromatic carbocycles. The lowest BCUT2D eigenvalue weighted by atomic mass is 10.1. The molecular formula is C30H40N12O16P2S. The third kappa shape index (κ3) is 11.7. The third-order valence-corrected chi connectivity index (χ3v) is 11.5. The van der Waals surface area contributed by atoms with Gasteiger partial charge in [0, 0.05) is 31.4 Å². The quantitative estimate of drug-likeness (QED) is 0.0137. The number of aliphatic hydroxyl groups is 1. The van der Waals surface area contributed by atoms with Crippen LogP contribution >= 0.6 is 27.6 Å². The number of nitrogen functional groups attached to an aromatic ring is 2. The predicted octanol–water partition coefficient (Wildman–Crippen LogP) is -0.586. The van der Waals surface area contributed by atoms with E-state index in [2.05, 4.69) is 34.2 Å². The number of carbonyl (C=O) groups is 1. The molecule has 4 aromatic heterocycles. The maximum Gasteiger partial charge on any atom is 0.472 e. The van der Waals surface area contributed by atoms with Gasteiger partial charge in [0.25, 0.3) is 0 Å². The van der Waals surface area contributed by atoms with Crippen LogP contribution in [0.3, 0.4) is 0 Å². The Morgan fingerprint density at radius 3 is 2.59 bits per heavy atom. The molecule has 2 aliphatic heterocycles. The Labute approximate surface area is 347 Å². The van der Waals surface area contributed by atoms with Crippen LogP contribution in [0.4, 0.5) is 17.3 Å². The summed E-state index contributed by atoms with van der Waals surface area (Å²) < 4.78 is 62.6. The van der Waals surface area contributed by atoms with Crippen molar-refractivity contribution in [2.45, 2.75) is 79.7 Å². The average Bonchev–Trinajstić information content (AvgIpc) is 3.89. The maximum absolute atomic E-state index is 13.4. The zero-order chi connectivity index (χ0) is 44.1. The van der Waals surface area contributed by atoms with Crippen LogP contribution in [0.15, 0.2) is 53.1 Å². The van der Waals surface area contributed by atoms with Gasteiger partial charge in [-0.15, -0.1) is 0 Å². The van der Waals surface area contributed by atoms with Crippen molar-refractivity contribution in [1.29, 1.82) is 0 Å². The van der Waals surface area contributed by atoms with Crippen molar-refractivity contribution in [2.24, 2.45) is 5.73 Å². The van der Waals surface area contributed by atoms with E-state index < -0.39 is 94.5 Å². The molecular weight excluding hydrogens is 878 g/mol. The summed E-state index contributed by atoms with van der Waals surface area (Å²) in [4.78, 5) is 85.6. The first kappa shape index (κ1) is 45.9. The molecule has 11 N–H and O–H groups in total. The summed E-state index contributed by atoms with van der Waals surface area (Å²) in [6.45, 7) is -1.34. The number of phosphoric acid groups is 2. The van der Waals surface area contributed by atoms with Gasteiger partial charge in [0.05, 0.1) is 24.5 Å². The van der Waals surface area contributed by atoms with Gasteiger partial charge in [-0.1, -0.05) is 6.42 Å². The number of aliphatic hydroxyl groups excluding tert-OH is 1. The number of fused-ring (bicyclic) bond motifs is 1. The van der Waals surface area contributed by atoms with E-state index in [4.69, 9.17) is 40.5 Å². The van der Waals surface area contributed by atoms with E-state index in [9.17, 15) is 48.6 Å². The maximum atomic E-state index is 13.4. The molecule has 0 radical (unpaired) electrons. The second-order valence-corrected chi connectivity index (χ2v) is 16.9. The summed E-state index contributed by atoms with van der Waals surface area (Å²) in [6.07, 6.45) is -4.58. The highest BCUT2D eigenvalue weighted by atomic mass is 32.2. The number of carbonyl (C=O) groups excluding carboxylic acids is 1. The minimum absolute atomic E-state index is 0.00967. The highest BCUT2D eigenvalue weighted by Crippen LogP contribution is 2.50. The summed E-state index contributed by atoms with van der Waals surface area (Å²) in [5, 5.41) is 22.9. The Kier molecular flexibility index (Phi) is 14.8. The predicted molar refractivity (Wildman–Crippen MR) is 206 cm³/mol. The molecule has 2 fully saturated rings. The largest absolute Gasteiger partial charge is 0.472 e. The number of aromatic nitrogens is 7. The van der Waals surface area contributed by atoms with Crippen molar-refractivity contribution in [1.82, 2.24) is 38.8 Å². The van der Waals surface area contributed by atoms with E-state index in [0.717, 1.165) is 22.8 Å². The minimum atomic E-state index is -5.19. The SMILES string of the molecule is Nc1ccn([C@H]2C[C@H](OP(=O)(O)OC[C@@H]3O[C@@H](n4cnc5c(N)ncnc54)[C@H](O)[C@@H]3OC(=O)C(N)CCCCNSc3ncccc3[N+](=O)[O-])[C@@H](COP(=O)(O)O)O2)c(=O)n1. The average molecular weight is 919 g/mol. The number of nitro groups is 1. The second kappa shape index (κ2) is 19.6. The Bertz CT molecular complexity index is 2360. The first-order chi connectivity index (χ1) is 28.9. The number of imidazole rings is 1. The summed E-state index contributed by atoms with van der Waals surface area (Å²) in [5.41, 5.74) is 16.9. The van der Waals surface area contributed by atoms with E-state index in [1.165, 1.54) is 41.5 Å². The summed E-state index contributed by atoms with van der Waals surface area (Å²) in [6, 6.07) is 2.83. The van der Waals surface area contributed by atoms with Crippen molar-refractivity contribution in [2.75, 3.05) is 31.2 Å². The molecule has 0 saturated carbocycles. The van der Waals surface area contributed by atoms with Crippen molar-refractivity contribution in [3.63, 3.8) is 0 Å². The fourth-order valence-electron chi connectivity index (χ4n) is 6.22. The molecule has 2 aliphatic rings. The number of hydrogen-bond acceptors (Lipinski definition) is 23. The lowest BCUT2D eigenvalue weighted by Crippen LogP contribution is -2.43. The summed E-state index contributed by atoms with van der Waals surface area (Å²) in [7, 11) is -10.3. The molecule has 2 saturated heterocycles. The van der Waals surface area contributed by atoms with E-state index in [1.807, 2.05) is 0 Å². The Morgan fingerprint density at radius 1 is 1.08 bits per heavy atom. The fraction of sp³-hybridized carbons (Fsp3) is 0.500. The molecule has 0 bridgehead atoms. The van der Waals surface area contributed by atoms with Crippen LogP contribution < -0.4 is 27.6 Å². The topological polar surface area (TPSA) is 412 Å². The molecule has 4 aromatic rings. The van der Waals surface area contributed by atoms with E-state index in [1.54, 1.807) is 0 Å². The highest BCUT2D eigenvalue weighted by Gasteiger charge is 2.50. The number of pyridine rings is 1. The molecule has 2 unspecified atom stereocenters. The van der Waals surface area contributed by atoms with Gasteiger partial charge >= 0.3 is 33.0 Å². The lowest BCUT2D eigenvalue weighted by molar-refractivity contribution is -0.388. The van der Waals surface area contributed by atoms with Crippen LogP contribution in [-0.4, -0.2) is 121 Å². The van der Waals surface area contributed by atoms with Gasteiger partial charge in [-0.2, -0.15) is 4.98 Å². The zero-order valence-corrected chi connectivity index (χ0v) is 34.0. The molecule has 31 heteroatoms. The normalized spacial score (nSPS) is 24.4. The molecule has 9 atom stereocenters. The Hall–Kier alpha value is -4.58. The van der Waals surface area contributed by atoms with Crippen LogP contribution in [0.25, 0.3) is 11.2 Å². The van der Waals surface area contributed by atoms with Crippen LogP contribution in [0.1, 0.15) is 38.1 Å². The standard InChI is InChI=1S/C30H40N12O16P2S/c31-15(4-1-2-8-38-61-27-16(42(46)47)5-3-7-34-27)29(44)57-24-19(56-28(23(24)43)41-14-37-22-25(33)35-13-36-26(22)41)12-54-60(51,52)58-17-10-21(40-9-6-20(32)39-30(40)45)55-18(17)11-53-59(48,49)50/h3,5-7,9,13-15,17-19,21,23-24,28,38,43H,1-2,4,8,10-12,31H2,(H,51,52)(H2,32,39,45)(H2,33,35,36)(H2,48,49,50)/t15?,17-,18+,19-,21+,23+,24+,28+/m0/s1. The number of nitrogens with two attached hydrogens (primary N) is 3. The van der Waals surface area contributed by atoms with Crippen molar-refractivity contribution in [3.8, 4) is 0 Å². The highest BCUT2D eigenvalue weighted by molar-refractivity contribution is 7.97. The zero-order valence-electron chi connectivity index (χ0n) is 31.4. The third-order valence-electron chi connectivity index (χ3n) is 9.11. The first-order valence-electron chi connectivity index (χ1n) is 18.0. The van der Waals surface area contributed by atoms with Crippen molar-refractivity contribution in [3.05, 3.63) is 63.8 Å².